The molecular weight excluding hydrogens is 791 g/mol. The summed E-state index contributed by atoms with van der Waals surface area (Å²) in [6.07, 6.45) is 2.19. The molecule has 13 aromatic rings. The number of nitrogens with zero attached hydrogens (tertiary/aromatic N) is 5. The van der Waals surface area contributed by atoms with Gasteiger partial charge < -0.3 is 13.7 Å². The van der Waals surface area contributed by atoms with Crippen LogP contribution in [-0.4, -0.2) is 23.7 Å². The van der Waals surface area contributed by atoms with Crippen molar-refractivity contribution in [3.63, 3.8) is 0 Å². The zero-order valence-electron chi connectivity index (χ0n) is 35.3. The van der Waals surface area contributed by atoms with Crippen molar-refractivity contribution in [3.05, 3.63) is 237 Å². The van der Waals surface area contributed by atoms with Gasteiger partial charge in [-0.2, -0.15) is 0 Å². The molecule has 0 saturated heterocycles. The van der Waals surface area contributed by atoms with Crippen LogP contribution in [0.25, 0.3) is 117 Å². The van der Waals surface area contributed by atoms with Crippen LogP contribution in [0.5, 0.6) is 0 Å². The van der Waals surface area contributed by atoms with Crippen LogP contribution in [-0.2, 0) is 0 Å². The molecule has 4 heterocycles. The summed E-state index contributed by atoms with van der Waals surface area (Å²) in [5.74, 6) is 0.680. The van der Waals surface area contributed by atoms with E-state index >= 15 is 0 Å². The van der Waals surface area contributed by atoms with Crippen LogP contribution in [0.4, 0.5) is 0 Å². The van der Waals surface area contributed by atoms with Gasteiger partial charge in [0.05, 0.1) is 39.0 Å². The molecule has 0 atom stereocenters. The van der Waals surface area contributed by atoms with E-state index in [2.05, 4.69) is 238 Å². The van der Waals surface area contributed by atoms with Gasteiger partial charge in [-0.3, -0.25) is 0 Å². The Morgan fingerprint density at radius 3 is 1.48 bits per heavy atom. The second-order valence-corrected chi connectivity index (χ2v) is 16.6. The van der Waals surface area contributed by atoms with E-state index in [9.17, 15) is 0 Å². The van der Waals surface area contributed by atoms with Gasteiger partial charge >= 0.3 is 0 Å². The lowest BCUT2D eigenvalue weighted by atomic mass is 10.0. The van der Waals surface area contributed by atoms with Crippen LogP contribution >= 0.6 is 0 Å². The lowest BCUT2D eigenvalue weighted by Crippen LogP contribution is -1.98. The number of hydrogen-bond acceptors (Lipinski definition) is 2. The fraction of sp³-hybridized carbons (Fsp3) is 0. The first-order chi connectivity index (χ1) is 32.2. The molecule has 65 heavy (non-hydrogen) atoms. The highest BCUT2D eigenvalue weighted by atomic mass is 15.0. The first-order valence-electron chi connectivity index (χ1n) is 22.1. The summed E-state index contributed by atoms with van der Waals surface area (Å²) in [6, 6.07) is 82.2. The minimum absolute atomic E-state index is 0.680. The zero-order chi connectivity index (χ0) is 42.8. The molecule has 0 bridgehead atoms. The van der Waals surface area contributed by atoms with Gasteiger partial charge in [-0.25, -0.2) is 9.97 Å². The van der Waals surface area contributed by atoms with Crippen molar-refractivity contribution >= 4 is 54.5 Å². The Bertz CT molecular complexity index is 3860. The highest BCUT2D eigenvalue weighted by molar-refractivity contribution is 6.19. The van der Waals surface area contributed by atoms with Gasteiger partial charge in [0.25, 0.3) is 0 Å². The summed E-state index contributed by atoms with van der Waals surface area (Å²) < 4.78 is 7.09. The minimum atomic E-state index is 0.680. The lowest BCUT2D eigenvalue weighted by Gasteiger charge is -2.13. The fourth-order valence-corrected chi connectivity index (χ4v) is 9.87. The van der Waals surface area contributed by atoms with Gasteiger partial charge in [-0.1, -0.05) is 146 Å². The van der Waals surface area contributed by atoms with E-state index in [0.717, 1.165) is 61.7 Å². The average Bonchev–Trinajstić information content (AvgIpc) is 4.07. The molecule has 5 heteroatoms. The topological polar surface area (TPSA) is 40.6 Å². The van der Waals surface area contributed by atoms with Gasteiger partial charge in [0, 0.05) is 66.9 Å². The van der Waals surface area contributed by atoms with Crippen LogP contribution in [0.15, 0.2) is 237 Å². The van der Waals surface area contributed by atoms with Crippen molar-refractivity contribution in [2.75, 3.05) is 0 Å². The predicted molar refractivity (Wildman–Crippen MR) is 269 cm³/mol. The molecule has 0 saturated carbocycles. The van der Waals surface area contributed by atoms with Gasteiger partial charge in [0.1, 0.15) is 0 Å². The van der Waals surface area contributed by atoms with E-state index in [4.69, 9.17) is 9.97 Å². The third-order valence-electron chi connectivity index (χ3n) is 12.9. The second-order valence-electron chi connectivity index (χ2n) is 16.6. The number of hydrogen-bond donors (Lipinski definition) is 0. The summed E-state index contributed by atoms with van der Waals surface area (Å²) in [5, 5.41) is 6.04. The van der Waals surface area contributed by atoms with Crippen molar-refractivity contribution in [2.45, 2.75) is 0 Å². The van der Waals surface area contributed by atoms with Gasteiger partial charge in [-0.05, 0) is 96.1 Å². The van der Waals surface area contributed by atoms with Gasteiger partial charge in [0.15, 0.2) is 5.82 Å². The molecule has 304 valence electrons. The molecule has 5 nitrogen and oxygen atoms in total. The first kappa shape index (κ1) is 36.8. The summed E-state index contributed by atoms with van der Waals surface area (Å²) in [6.45, 7) is 0. The molecule has 9 aromatic carbocycles. The summed E-state index contributed by atoms with van der Waals surface area (Å²) in [4.78, 5) is 10.4. The Balaban J connectivity index is 1.02. The van der Waals surface area contributed by atoms with Crippen molar-refractivity contribution in [1.29, 1.82) is 0 Å². The quantitative estimate of drug-likeness (QED) is 0.161. The molecule has 0 unspecified atom stereocenters. The Morgan fingerprint density at radius 2 is 0.800 bits per heavy atom. The standard InChI is InChI=1S/C60H39N5/c1-5-16-40(17-6-1)53-39-54(41-18-7-2-8-19-41)62-60(61-53)44-20-15-25-47(36-44)65-58-32-29-43(38-52(58)49-30-33-55-50(59(49)65)34-35-63(55)45-21-9-3-10-22-45)42-28-31-57-51(37-42)48-26-13-14-27-56(48)64(57)46-23-11-4-12-24-46/h1-39H. The molecule has 4 aromatic heterocycles. The molecule has 13 rings (SSSR count). The highest BCUT2D eigenvalue weighted by Crippen LogP contribution is 2.41. The molecule has 0 aliphatic heterocycles. The van der Waals surface area contributed by atoms with E-state index in [1.807, 2.05) is 12.1 Å². The third kappa shape index (κ3) is 6.09. The van der Waals surface area contributed by atoms with Crippen molar-refractivity contribution in [3.8, 4) is 62.1 Å². The Labute approximate surface area is 375 Å². The molecule has 0 radical (unpaired) electrons. The second kappa shape index (κ2) is 14.9. The summed E-state index contributed by atoms with van der Waals surface area (Å²) in [5.41, 5.74) is 16.3. The summed E-state index contributed by atoms with van der Waals surface area (Å²) >= 11 is 0. The maximum Gasteiger partial charge on any atom is 0.160 e. The predicted octanol–water partition coefficient (Wildman–Crippen LogP) is 15.3. The third-order valence-corrected chi connectivity index (χ3v) is 12.9. The summed E-state index contributed by atoms with van der Waals surface area (Å²) in [7, 11) is 0. The number of aromatic nitrogens is 5. The molecular formula is C60H39N5. The molecule has 0 amide bonds. The fourth-order valence-electron chi connectivity index (χ4n) is 9.87. The van der Waals surface area contributed by atoms with Crippen LogP contribution in [0, 0.1) is 0 Å². The maximum atomic E-state index is 5.21. The van der Waals surface area contributed by atoms with Crippen molar-refractivity contribution in [2.24, 2.45) is 0 Å². The molecule has 0 aliphatic carbocycles. The Kier molecular flexibility index (Phi) is 8.46. The molecule has 0 spiro atoms. The highest BCUT2D eigenvalue weighted by Gasteiger charge is 2.20. The molecule has 0 fully saturated rings. The number of fused-ring (bicyclic) bond motifs is 8. The van der Waals surface area contributed by atoms with E-state index in [1.165, 1.54) is 49.1 Å². The lowest BCUT2D eigenvalue weighted by molar-refractivity contribution is 1.13. The Hall–Kier alpha value is -8.80. The van der Waals surface area contributed by atoms with Crippen LogP contribution in [0.1, 0.15) is 0 Å². The Morgan fingerprint density at radius 1 is 0.277 bits per heavy atom. The van der Waals surface area contributed by atoms with E-state index in [1.54, 1.807) is 0 Å². The SMILES string of the molecule is c1ccc(-c2cc(-c3ccccc3)nc(-c3cccc(-n4c5ccc(-c6ccc7c(c6)c6ccccc6n7-c6ccccc6)cc5c5ccc6c(ccn6-c6ccccc6)c54)c3)n2)cc1. The van der Waals surface area contributed by atoms with Crippen molar-refractivity contribution < 1.29 is 0 Å². The van der Waals surface area contributed by atoms with Crippen molar-refractivity contribution in [1.82, 2.24) is 23.7 Å². The average molecular weight is 830 g/mol. The van der Waals surface area contributed by atoms with Crippen LogP contribution in [0.3, 0.4) is 0 Å². The van der Waals surface area contributed by atoms with Gasteiger partial charge in [0.2, 0.25) is 0 Å². The number of benzene rings is 9. The smallest absolute Gasteiger partial charge is 0.160 e. The van der Waals surface area contributed by atoms with Gasteiger partial charge in [-0.15, -0.1) is 0 Å². The molecule has 0 aliphatic rings. The first-order valence-corrected chi connectivity index (χ1v) is 22.1. The molecule has 0 N–H and O–H groups in total. The minimum Gasteiger partial charge on any atom is -0.316 e. The van der Waals surface area contributed by atoms with E-state index in [0.29, 0.717) is 5.82 Å². The van der Waals surface area contributed by atoms with E-state index in [-0.39, 0.29) is 0 Å². The van der Waals surface area contributed by atoms with Crippen LogP contribution in [0.2, 0.25) is 0 Å². The normalized spacial score (nSPS) is 11.7. The van der Waals surface area contributed by atoms with Crippen LogP contribution < -0.4 is 0 Å². The zero-order valence-corrected chi connectivity index (χ0v) is 35.3. The van der Waals surface area contributed by atoms with E-state index < -0.39 is 0 Å². The maximum absolute atomic E-state index is 5.21. The largest absolute Gasteiger partial charge is 0.316 e. The number of para-hydroxylation sites is 3. The monoisotopic (exact) mass is 829 g/mol. The number of rotatable bonds is 7.